The van der Waals surface area contributed by atoms with Crippen LogP contribution in [0.4, 0.5) is 0 Å². The average molecular weight is 358 g/mol. The lowest BCUT2D eigenvalue weighted by Gasteiger charge is -2.43. The molecule has 2 fully saturated rings. The minimum absolute atomic E-state index is 0.00190. The van der Waals surface area contributed by atoms with Crippen LogP contribution in [-0.2, 0) is 26.0 Å². The van der Waals surface area contributed by atoms with Crippen LogP contribution in [0, 0.1) is 5.41 Å². The van der Waals surface area contributed by atoms with E-state index >= 15 is 0 Å². The number of ether oxygens (including phenoxy) is 2. The molecule has 0 aromatic heterocycles. The van der Waals surface area contributed by atoms with E-state index in [1.54, 1.807) is 0 Å². The summed E-state index contributed by atoms with van der Waals surface area (Å²) < 4.78 is 37.4. The number of hydrogen-bond acceptors (Lipinski definition) is 5. The average Bonchev–Trinajstić information content (AvgIpc) is 2.98. The molecule has 1 aliphatic carbocycles. The summed E-state index contributed by atoms with van der Waals surface area (Å²) in [7, 11) is -3.67. The molecule has 1 saturated heterocycles. The van der Waals surface area contributed by atoms with E-state index < -0.39 is 10.1 Å². The Morgan fingerprint density at radius 2 is 1.54 bits per heavy atom. The first-order valence-corrected chi connectivity index (χ1v) is 9.96. The molecule has 136 valence electrons. The largest absolute Gasteiger partial charge is 0.396 e. The lowest BCUT2D eigenvalue weighted by atomic mass is 9.69. The summed E-state index contributed by atoms with van der Waals surface area (Å²) in [5.74, 6) is -0.338. The van der Waals surface area contributed by atoms with Gasteiger partial charge in [0.1, 0.15) is 0 Å². The topological polar surface area (TPSA) is 93.1 Å². The molecule has 1 aromatic rings. The van der Waals surface area contributed by atoms with Crippen LogP contribution >= 0.6 is 0 Å². The highest BCUT2D eigenvalue weighted by Crippen LogP contribution is 2.46. The normalized spacial score (nSPS) is 22.0. The predicted octanol–water partition coefficient (Wildman–Crippen LogP) is 2.03. The van der Waals surface area contributed by atoms with Crippen LogP contribution in [0.15, 0.2) is 30.3 Å². The summed E-state index contributed by atoms with van der Waals surface area (Å²) in [4.78, 5) is 0. The predicted molar refractivity (Wildman–Crippen MR) is 90.2 cm³/mol. The van der Waals surface area contributed by atoms with Gasteiger partial charge in [-0.2, -0.15) is 8.42 Å². The van der Waals surface area contributed by atoms with Gasteiger partial charge in [0, 0.05) is 19.4 Å². The fraction of sp³-hybridized carbons (Fsp3) is 0.647. The first kappa shape index (κ1) is 19.3. The van der Waals surface area contributed by atoms with Gasteiger partial charge in [0.15, 0.2) is 5.79 Å². The number of benzene rings is 1. The number of hydrogen-bond donors (Lipinski definition) is 2. The van der Waals surface area contributed by atoms with Crippen LogP contribution in [0.1, 0.15) is 31.2 Å². The Balaban J connectivity index is 0.000000368. The Hall–Kier alpha value is -0.990. The van der Waals surface area contributed by atoms with Gasteiger partial charge in [-0.15, -0.1) is 0 Å². The summed E-state index contributed by atoms with van der Waals surface area (Å²) in [5.41, 5.74) is 1.31. The molecule has 0 atom stereocenters. The van der Waals surface area contributed by atoms with E-state index in [9.17, 15) is 13.5 Å². The third-order valence-corrected chi connectivity index (χ3v) is 4.64. The summed E-state index contributed by atoms with van der Waals surface area (Å²) in [6.07, 6.45) is 5.41. The summed E-state index contributed by atoms with van der Waals surface area (Å²) in [6.45, 7) is 1.67. The maximum atomic E-state index is 9.85. The van der Waals surface area contributed by atoms with E-state index in [0.717, 1.165) is 32.1 Å². The molecule has 2 aliphatic rings. The SMILES string of the molecule is CS(=O)(=O)O.OCC1(Cc2ccccc2)CCC2(CC1)OCCO2. The van der Waals surface area contributed by atoms with Crippen LogP contribution in [0.25, 0.3) is 0 Å². The van der Waals surface area contributed by atoms with Crippen LogP contribution in [0.5, 0.6) is 0 Å². The van der Waals surface area contributed by atoms with Gasteiger partial charge in [0.25, 0.3) is 10.1 Å². The lowest BCUT2D eigenvalue weighted by molar-refractivity contribution is -0.194. The summed E-state index contributed by atoms with van der Waals surface area (Å²) >= 11 is 0. The van der Waals surface area contributed by atoms with Crippen molar-refractivity contribution in [1.29, 1.82) is 0 Å². The summed E-state index contributed by atoms with van der Waals surface area (Å²) in [5, 5.41) is 9.85. The van der Waals surface area contributed by atoms with Gasteiger partial charge in [-0.25, -0.2) is 0 Å². The van der Waals surface area contributed by atoms with Crippen molar-refractivity contribution >= 4 is 10.1 Å². The zero-order valence-electron chi connectivity index (χ0n) is 14.0. The van der Waals surface area contributed by atoms with Crippen molar-refractivity contribution < 1.29 is 27.6 Å². The second-order valence-electron chi connectivity index (χ2n) is 6.66. The minimum atomic E-state index is -3.67. The molecule has 6 nitrogen and oxygen atoms in total. The molecule has 1 saturated carbocycles. The molecule has 0 bridgehead atoms. The van der Waals surface area contributed by atoms with Gasteiger partial charge < -0.3 is 14.6 Å². The molecule has 1 aliphatic heterocycles. The van der Waals surface area contributed by atoms with E-state index in [1.807, 2.05) is 6.07 Å². The second kappa shape index (κ2) is 7.93. The van der Waals surface area contributed by atoms with Gasteiger partial charge in [-0.3, -0.25) is 4.55 Å². The Labute approximate surface area is 143 Å². The maximum Gasteiger partial charge on any atom is 0.261 e. The first-order chi connectivity index (χ1) is 11.3. The molecule has 24 heavy (non-hydrogen) atoms. The standard InChI is InChI=1S/C16H22O3.CH4O3S/c17-13-15(12-14-4-2-1-3-5-14)6-8-16(9-7-15)18-10-11-19-16;1-5(2,3)4/h1-5,17H,6-13H2;1H3,(H,2,3,4). The van der Waals surface area contributed by atoms with E-state index in [1.165, 1.54) is 5.56 Å². The summed E-state index contributed by atoms with van der Waals surface area (Å²) in [6, 6.07) is 10.4. The molecule has 0 unspecified atom stereocenters. The van der Waals surface area contributed by atoms with Crippen LogP contribution in [-0.4, -0.2) is 49.9 Å². The highest BCUT2D eigenvalue weighted by molar-refractivity contribution is 7.85. The van der Waals surface area contributed by atoms with Gasteiger partial charge in [0.2, 0.25) is 0 Å². The molecular formula is C17H26O6S. The fourth-order valence-corrected chi connectivity index (χ4v) is 3.37. The molecule has 0 radical (unpaired) electrons. The Morgan fingerprint density at radius 1 is 1.04 bits per heavy atom. The molecule has 2 N–H and O–H groups in total. The van der Waals surface area contributed by atoms with Gasteiger partial charge in [-0.05, 0) is 30.2 Å². The quantitative estimate of drug-likeness (QED) is 0.803. The monoisotopic (exact) mass is 358 g/mol. The van der Waals surface area contributed by atoms with Crippen molar-refractivity contribution in [1.82, 2.24) is 0 Å². The van der Waals surface area contributed by atoms with Crippen molar-refractivity contribution in [3.63, 3.8) is 0 Å². The molecule has 1 aromatic carbocycles. The zero-order chi connectivity index (χ0) is 17.7. The van der Waals surface area contributed by atoms with Gasteiger partial charge >= 0.3 is 0 Å². The molecular weight excluding hydrogens is 332 g/mol. The van der Waals surface area contributed by atoms with Crippen LogP contribution in [0.3, 0.4) is 0 Å². The lowest BCUT2D eigenvalue weighted by Crippen LogP contribution is -2.42. The Bertz CT molecular complexity index is 589. The van der Waals surface area contributed by atoms with E-state index in [-0.39, 0.29) is 17.8 Å². The zero-order valence-corrected chi connectivity index (χ0v) is 14.8. The second-order valence-corrected chi connectivity index (χ2v) is 8.13. The third-order valence-electron chi connectivity index (χ3n) is 4.64. The number of rotatable bonds is 3. The molecule has 1 spiro atoms. The maximum absolute atomic E-state index is 9.85. The van der Waals surface area contributed by atoms with Crippen LogP contribution in [0.2, 0.25) is 0 Å². The first-order valence-electron chi connectivity index (χ1n) is 8.11. The number of aliphatic hydroxyl groups is 1. The van der Waals surface area contributed by atoms with Crippen molar-refractivity contribution in [2.24, 2.45) is 5.41 Å². The molecule has 1 heterocycles. The fourth-order valence-electron chi connectivity index (χ4n) is 3.37. The Kier molecular flexibility index (Phi) is 6.39. The molecule has 0 amide bonds. The number of aliphatic hydroxyl groups excluding tert-OH is 1. The van der Waals surface area contributed by atoms with Gasteiger partial charge in [-0.1, -0.05) is 30.3 Å². The Morgan fingerprint density at radius 3 is 2.00 bits per heavy atom. The van der Waals surface area contributed by atoms with Crippen molar-refractivity contribution in [3.05, 3.63) is 35.9 Å². The van der Waals surface area contributed by atoms with E-state index in [4.69, 9.17) is 14.0 Å². The van der Waals surface area contributed by atoms with E-state index in [0.29, 0.717) is 19.5 Å². The van der Waals surface area contributed by atoms with Crippen molar-refractivity contribution in [3.8, 4) is 0 Å². The highest BCUT2D eigenvalue weighted by Gasteiger charge is 2.45. The van der Waals surface area contributed by atoms with Crippen molar-refractivity contribution in [2.75, 3.05) is 26.1 Å². The van der Waals surface area contributed by atoms with Crippen LogP contribution < -0.4 is 0 Å². The highest BCUT2D eigenvalue weighted by atomic mass is 32.2. The smallest absolute Gasteiger partial charge is 0.261 e. The van der Waals surface area contributed by atoms with Gasteiger partial charge in [0.05, 0.1) is 19.5 Å². The minimum Gasteiger partial charge on any atom is -0.396 e. The molecule has 7 heteroatoms. The third kappa shape index (κ3) is 5.82. The van der Waals surface area contributed by atoms with E-state index in [2.05, 4.69) is 24.3 Å². The van der Waals surface area contributed by atoms with Crippen molar-refractivity contribution in [2.45, 2.75) is 37.9 Å². The molecule has 3 rings (SSSR count).